The highest BCUT2D eigenvalue weighted by molar-refractivity contribution is 5.19. The SMILES string of the molecule is C/C=C(C)\C=C(\C)CC.C=C. The maximum Gasteiger partial charge on any atom is -0.0348 e. The lowest BCUT2D eigenvalue weighted by atomic mass is 10.1. The maximum atomic E-state index is 3.00. The molecule has 64 valence electrons. The fourth-order valence-electron chi connectivity index (χ4n) is 0.574. The lowest BCUT2D eigenvalue weighted by Gasteiger charge is -1.93. The molecule has 0 aliphatic rings. The van der Waals surface area contributed by atoms with Gasteiger partial charge in [0.1, 0.15) is 0 Å². The Bertz CT molecular complexity index is 138. The van der Waals surface area contributed by atoms with E-state index in [9.17, 15) is 0 Å². The third-order valence-corrected chi connectivity index (χ3v) is 1.49. The summed E-state index contributed by atoms with van der Waals surface area (Å²) in [4.78, 5) is 0. The van der Waals surface area contributed by atoms with E-state index in [1.165, 1.54) is 11.1 Å². The molecule has 0 N–H and O–H groups in total. The average Bonchev–Trinajstić information content (AvgIpc) is 2.07. The molecule has 0 unspecified atom stereocenters. The van der Waals surface area contributed by atoms with Gasteiger partial charge in [-0.1, -0.05) is 30.2 Å². The van der Waals surface area contributed by atoms with Crippen LogP contribution in [0.2, 0.25) is 0 Å². The van der Waals surface area contributed by atoms with Crippen LogP contribution in [0.5, 0.6) is 0 Å². The van der Waals surface area contributed by atoms with Crippen molar-refractivity contribution >= 4 is 0 Å². The minimum absolute atomic E-state index is 1.16. The summed E-state index contributed by atoms with van der Waals surface area (Å²) in [6, 6.07) is 0. The van der Waals surface area contributed by atoms with E-state index in [-0.39, 0.29) is 0 Å². The zero-order chi connectivity index (χ0) is 9.28. The molecule has 0 aromatic carbocycles. The van der Waals surface area contributed by atoms with Crippen molar-refractivity contribution in [3.8, 4) is 0 Å². The van der Waals surface area contributed by atoms with Gasteiger partial charge >= 0.3 is 0 Å². The molecule has 0 nitrogen and oxygen atoms in total. The molecule has 0 spiro atoms. The van der Waals surface area contributed by atoms with E-state index in [0.29, 0.717) is 0 Å². The summed E-state index contributed by atoms with van der Waals surface area (Å²) in [7, 11) is 0. The van der Waals surface area contributed by atoms with Crippen LogP contribution in [0.1, 0.15) is 34.1 Å². The Kier molecular flexibility index (Phi) is 10.8. The van der Waals surface area contributed by atoms with Crippen molar-refractivity contribution in [2.24, 2.45) is 0 Å². The molecule has 0 aliphatic heterocycles. The van der Waals surface area contributed by atoms with E-state index in [1.807, 2.05) is 0 Å². The molecular formula is C11H20. The third-order valence-electron chi connectivity index (χ3n) is 1.49. The van der Waals surface area contributed by atoms with Gasteiger partial charge in [-0.15, -0.1) is 13.2 Å². The Hall–Kier alpha value is -0.780. The predicted octanol–water partition coefficient (Wildman–Crippen LogP) is 4.11. The van der Waals surface area contributed by atoms with Crippen LogP contribution in [0.4, 0.5) is 0 Å². The second-order valence-electron chi connectivity index (χ2n) is 2.38. The molecule has 0 bridgehead atoms. The van der Waals surface area contributed by atoms with Gasteiger partial charge in [0.2, 0.25) is 0 Å². The molecule has 0 saturated heterocycles. The fourth-order valence-corrected chi connectivity index (χ4v) is 0.574. The van der Waals surface area contributed by atoms with E-state index in [1.54, 1.807) is 0 Å². The summed E-state index contributed by atoms with van der Waals surface area (Å²) in [5.41, 5.74) is 2.81. The van der Waals surface area contributed by atoms with E-state index in [4.69, 9.17) is 0 Å². The number of rotatable bonds is 2. The van der Waals surface area contributed by atoms with Crippen molar-refractivity contribution in [3.63, 3.8) is 0 Å². The number of hydrogen-bond acceptors (Lipinski definition) is 0. The quantitative estimate of drug-likeness (QED) is 0.412. The standard InChI is InChI=1S/C9H16.C2H4/c1-5-8(3)7-9(4)6-2;1-2/h5,7H,6H2,1-4H3;1-2H2/b8-5-,9-7-;. The summed E-state index contributed by atoms with van der Waals surface area (Å²) in [5, 5.41) is 0. The normalized spacial score (nSPS) is 12.0. The van der Waals surface area contributed by atoms with Gasteiger partial charge in [-0.3, -0.25) is 0 Å². The third kappa shape index (κ3) is 9.22. The summed E-state index contributed by atoms with van der Waals surface area (Å²) in [6.45, 7) is 14.5. The van der Waals surface area contributed by atoms with Gasteiger partial charge in [0.05, 0.1) is 0 Å². The van der Waals surface area contributed by atoms with Gasteiger partial charge in [0.25, 0.3) is 0 Å². The van der Waals surface area contributed by atoms with Crippen molar-refractivity contribution in [1.29, 1.82) is 0 Å². The molecule has 0 heterocycles. The van der Waals surface area contributed by atoms with Crippen LogP contribution >= 0.6 is 0 Å². The first-order chi connectivity index (χ1) is 5.20. The Labute approximate surface area is 71.3 Å². The lowest BCUT2D eigenvalue weighted by molar-refractivity contribution is 1.09. The van der Waals surface area contributed by atoms with Gasteiger partial charge in [-0.05, 0) is 27.2 Å². The van der Waals surface area contributed by atoms with E-state index in [0.717, 1.165) is 6.42 Å². The maximum absolute atomic E-state index is 3.00. The molecule has 0 heteroatoms. The molecule has 0 rings (SSSR count). The first-order valence-electron chi connectivity index (χ1n) is 4.00. The molecule has 0 amide bonds. The topological polar surface area (TPSA) is 0 Å². The zero-order valence-electron chi connectivity index (χ0n) is 8.28. The minimum atomic E-state index is 1.16. The van der Waals surface area contributed by atoms with Crippen LogP contribution in [0.15, 0.2) is 36.5 Å². The second-order valence-corrected chi connectivity index (χ2v) is 2.38. The van der Waals surface area contributed by atoms with Gasteiger partial charge in [0, 0.05) is 0 Å². The van der Waals surface area contributed by atoms with Crippen molar-refractivity contribution in [2.75, 3.05) is 0 Å². The summed E-state index contributed by atoms with van der Waals surface area (Å²) in [6.07, 6.45) is 5.50. The van der Waals surface area contributed by atoms with Gasteiger partial charge in [0.15, 0.2) is 0 Å². The molecule has 0 atom stereocenters. The predicted molar refractivity (Wildman–Crippen MR) is 54.7 cm³/mol. The van der Waals surface area contributed by atoms with E-state index >= 15 is 0 Å². The van der Waals surface area contributed by atoms with Crippen LogP contribution in [0.3, 0.4) is 0 Å². The van der Waals surface area contributed by atoms with Crippen molar-refractivity contribution in [1.82, 2.24) is 0 Å². The highest BCUT2D eigenvalue weighted by atomic mass is 13.9. The molecule has 0 fully saturated rings. The lowest BCUT2D eigenvalue weighted by Crippen LogP contribution is -1.72. The van der Waals surface area contributed by atoms with Crippen LogP contribution in [-0.2, 0) is 0 Å². The zero-order valence-corrected chi connectivity index (χ0v) is 8.28. The summed E-state index contributed by atoms with van der Waals surface area (Å²) < 4.78 is 0. The molecular weight excluding hydrogens is 132 g/mol. The fraction of sp³-hybridized carbons (Fsp3) is 0.455. The molecule has 0 radical (unpaired) electrons. The summed E-state index contributed by atoms with van der Waals surface area (Å²) >= 11 is 0. The Morgan fingerprint density at radius 3 is 2.00 bits per heavy atom. The van der Waals surface area contributed by atoms with Crippen molar-refractivity contribution in [2.45, 2.75) is 34.1 Å². The number of hydrogen-bond donors (Lipinski definition) is 0. The van der Waals surface area contributed by atoms with Gasteiger partial charge < -0.3 is 0 Å². The Balaban J connectivity index is 0. The molecule has 0 aromatic heterocycles. The Morgan fingerprint density at radius 2 is 1.73 bits per heavy atom. The van der Waals surface area contributed by atoms with Crippen LogP contribution in [-0.4, -0.2) is 0 Å². The van der Waals surface area contributed by atoms with Crippen LogP contribution in [0, 0.1) is 0 Å². The Morgan fingerprint density at radius 1 is 1.27 bits per heavy atom. The molecule has 11 heavy (non-hydrogen) atoms. The van der Waals surface area contributed by atoms with E-state index in [2.05, 4.69) is 53.0 Å². The smallest absolute Gasteiger partial charge is 0.0348 e. The monoisotopic (exact) mass is 152 g/mol. The van der Waals surface area contributed by atoms with Crippen LogP contribution < -0.4 is 0 Å². The van der Waals surface area contributed by atoms with Crippen LogP contribution in [0.25, 0.3) is 0 Å². The first-order valence-corrected chi connectivity index (χ1v) is 4.00. The van der Waals surface area contributed by atoms with Crippen molar-refractivity contribution in [3.05, 3.63) is 36.5 Å². The van der Waals surface area contributed by atoms with Gasteiger partial charge in [-0.25, -0.2) is 0 Å². The molecule has 0 aromatic rings. The largest absolute Gasteiger partial charge is 0.106 e. The summed E-state index contributed by atoms with van der Waals surface area (Å²) in [5.74, 6) is 0. The highest BCUT2D eigenvalue weighted by Crippen LogP contribution is 2.03. The second kappa shape index (κ2) is 9.22. The molecule has 0 aliphatic carbocycles. The highest BCUT2D eigenvalue weighted by Gasteiger charge is 1.82. The van der Waals surface area contributed by atoms with E-state index < -0.39 is 0 Å². The van der Waals surface area contributed by atoms with Crippen molar-refractivity contribution < 1.29 is 0 Å². The number of allylic oxidation sites excluding steroid dienone is 4. The minimum Gasteiger partial charge on any atom is -0.106 e. The average molecular weight is 152 g/mol. The molecule has 0 saturated carbocycles. The van der Waals surface area contributed by atoms with Gasteiger partial charge in [-0.2, -0.15) is 0 Å². The first kappa shape index (κ1) is 12.9.